The van der Waals surface area contributed by atoms with Gasteiger partial charge < -0.3 is 0 Å². The van der Waals surface area contributed by atoms with Gasteiger partial charge in [0.25, 0.3) is 0 Å². The Kier molecular flexibility index (Phi) is 1.50. The molecule has 1 aliphatic rings. The van der Waals surface area contributed by atoms with Gasteiger partial charge in [0.05, 0.1) is 0 Å². The molecule has 10 heavy (non-hydrogen) atoms. The van der Waals surface area contributed by atoms with Crippen LogP contribution in [0.15, 0.2) is 25.3 Å². The third-order valence-corrected chi connectivity index (χ3v) is 2.60. The van der Waals surface area contributed by atoms with E-state index in [0.717, 1.165) is 0 Å². The minimum absolute atomic E-state index is 0.392. The Morgan fingerprint density at radius 1 is 1.00 bits per heavy atom. The van der Waals surface area contributed by atoms with Gasteiger partial charge in [0.2, 0.25) is 0 Å². The van der Waals surface area contributed by atoms with Gasteiger partial charge in [-0.25, -0.2) is 0 Å². The molecule has 56 valence electrons. The molecule has 0 aromatic heterocycles. The lowest BCUT2D eigenvalue weighted by molar-refractivity contribution is 0.0741. The van der Waals surface area contributed by atoms with Crippen LogP contribution in [-0.4, -0.2) is 0 Å². The third kappa shape index (κ3) is 1.03. The smallest absolute Gasteiger partial charge is 0.0133 e. The average Bonchev–Trinajstić information content (AvgIpc) is 1.85. The van der Waals surface area contributed by atoms with Crippen molar-refractivity contribution in [2.24, 2.45) is 10.8 Å². The molecule has 0 radical (unpaired) electrons. The maximum atomic E-state index is 3.82. The lowest BCUT2D eigenvalue weighted by Crippen LogP contribution is -2.39. The van der Waals surface area contributed by atoms with Gasteiger partial charge in [0, 0.05) is 0 Å². The summed E-state index contributed by atoms with van der Waals surface area (Å²) < 4.78 is 0. The second-order valence-electron chi connectivity index (χ2n) is 4.07. The van der Waals surface area contributed by atoms with Crippen LogP contribution < -0.4 is 0 Å². The summed E-state index contributed by atoms with van der Waals surface area (Å²) in [5.41, 5.74) is 0.784. The number of rotatable bonds is 2. The van der Waals surface area contributed by atoms with E-state index in [0.29, 0.717) is 10.8 Å². The van der Waals surface area contributed by atoms with E-state index in [1.165, 1.54) is 12.8 Å². The minimum atomic E-state index is 0.392. The maximum Gasteiger partial charge on any atom is -0.0133 e. The van der Waals surface area contributed by atoms with Crippen molar-refractivity contribution < 1.29 is 0 Å². The molecule has 0 nitrogen and oxygen atoms in total. The molecule has 0 spiro atoms. The van der Waals surface area contributed by atoms with Crippen LogP contribution in [-0.2, 0) is 0 Å². The van der Waals surface area contributed by atoms with Crippen LogP contribution in [0.2, 0.25) is 0 Å². The van der Waals surface area contributed by atoms with Gasteiger partial charge in [-0.1, -0.05) is 26.0 Å². The molecule has 0 aromatic rings. The highest BCUT2D eigenvalue weighted by Crippen LogP contribution is 2.55. The monoisotopic (exact) mass is 136 g/mol. The summed E-state index contributed by atoms with van der Waals surface area (Å²) >= 11 is 0. The van der Waals surface area contributed by atoms with Gasteiger partial charge in [-0.15, -0.1) is 13.2 Å². The normalized spacial score (nSPS) is 45.8. The van der Waals surface area contributed by atoms with Gasteiger partial charge in [-0.2, -0.15) is 0 Å². The summed E-state index contributed by atoms with van der Waals surface area (Å²) in [6, 6.07) is 0. The largest absolute Gasteiger partial charge is 0.103 e. The van der Waals surface area contributed by atoms with Crippen LogP contribution in [0, 0.1) is 10.8 Å². The highest BCUT2D eigenvalue weighted by Gasteiger charge is 2.44. The molecule has 0 heterocycles. The Balaban J connectivity index is 2.57. The summed E-state index contributed by atoms with van der Waals surface area (Å²) in [5.74, 6) is 0. The summed E-state index contributed by atoms with van der Waals surface area (Å²) in [5, 5.41) is 0. The summed E-state index contributed by atoms with van der Waals surface area (Å²) in [7, 11) is 0. The van der Waals surface area contributed by atoms with E-state index in [1.807, 2.05) is 0 Å². The molecule has 0 unspecified atom stereocenters. The first kappa shape index (κ1) is 7.59. The minimum Gasteiger partial charge on any atom is -0.103 e. The molecule has 1 aliphatic carbocycles. The number of allylic oxidation sites excluding steroid dienone is 2. The molecule has 0 heteroatoms. The maximum absolute atomic E-state index is 3.82. The lowest BCUT2D eigenvalue weighted by Gasteiger charge is -2.50. The fourth-order valence-corrected chi connectivity index (χ4v) is 2.08. The van der Waals surface area contributed by atoms with Gasteiger partial charge in [-0.05, 0) is 23.7 Å². The standard InChI is InChI=1S/C10H16/c1-5-9(3)7-10(4,6-2)8-9/h5-6H,1-2,7-8H2,3-4H3. The van der Waals surface area contributed by atoms with Crippen LogP contribution >= 0.6 is 0 Å². The van der Waals surface area contributed by atoms with Crippen LogP contribution in [0.1, 0.15) is 26.7 Å². The van der Waals surface area contributed by atoms with Crippen molar-refractivity contribution in [3.05, 3.63) is 25.3 Å². The van der Waals surface area contributed by atoms with Crippen molar-refractivity contribution >= 4 is 0 Å². The molecule has 0 bridgehead atoms. The first-order chi connectivity index (χ1) is 4.54. The molecule has 0 aliphatic heterocycles. The van der Waals surface area contributed by atoms with Crippen molar-refractivity contribution in [3.63, 3.8) is 0 Å². The SMILES string of the molecule is C=CC1(C)CC(C)(C=C)C1. The van der Waals surface area contributed by atoms with Gasteiger partial charge >= 0.3 is 0 Å². The predicted octanol–water partition coefficient (Wildman–Crippen LogP) is 3.16. The van der Waals surface area contributed by atoms with E-state index in [4.69, 9.17) is 0 Å². The van der Waals surface area contributed by atoms with E-state index >= 15 is 0 Å². The van der Waals surface area contributed by atoms with Crippen molar-refractivity contribution in [1.82, 2.24) is 0 Å². The fourth-order valence-electron chi connectivity index (χ4n) is 2.08. The first-order valence-corrected chi connectivity index (χ1v) is 3.81. The van der Waals surface area contributed by atoms with E-state index in [-0.39, 0.29) is 0 Å². The van der Waals surface area contributed by atoms with Gasteiger partial charge in [0.15, 0.2) is 0 Å². The Morgan fingerprint density at radius 3 is 1.50 bits per heavy atom. The average molecular weight is 136 g/mol. The van der Waals surface area contributed by atoms with Crippen LogP contribution in [0.5, 0.6) is 0 Å². The van der Waals surface area contributed by atoms with Crippen molar-refractivity contribution in [2.45, 2.75) is 26.7 Å². The fraction of sp³-hybridized carbons (Fsp3) is 0.600. The van der Waals surface area contributed by atoms with Crippen molar-refractivity contribution in [3.8, 4) is 0 Å². The molecule has 1 fully saturated rings. The molecule has 0 atom stereocenters. The number of hydrogen-bond donors (Lipinski definition) is 0. The molecular formula is C10H16. The molecule has 0 saturated heterocycles. The Morgan fingerprint density at radius 2 is 1.30 bits per heavy atom. The van der Waals surface area contributed by atoms with Crippen LogP contribution in [0.4, 0.5) is 0 Å². The summed E-state index contributed by atoms with van der Waals surface area (Å²) in [4.78, 5) is 0. The highest BCUT2D eigenvalue weighted by atomic mass is 14.5. The van der Waals surface area contributed by atoms with Gasteiger partial charge in [-0.3, -0.25) is 0 Å². The van der Waals surface area contributed by atoms with E-state index < -0.39 is 0 Å². The van der Waals surface area contributed by atoms with Gasteiger partial charge in [0.1, 0.15) is 0 Å². The van der Waals surface area contributed by atoms with Crippen LogP contribution in [0.25, 0.3) is 0 Å². The Labute approximate surface area is 63.6 Å². The molecular weight excluding hydrogens is 120 g/mol. The molecule has 1 saturated carbocycles. The Hall–Kier alpha value is -0.520. The first-order valence-electron chi connectivity index (χ1n) is 3.81. The lowest BCUT2D eigenvalue weighted by atomic mass is 9.55. The Bertz CT molecular complexity index is 141. The van der Waals surface area contributed by atoms with E-state index in [2.05, 4.69) is 39.2 Å². The predicted molar refractivity (Wildman–Crippen MR) is 45.8 cm³/mol. The van der Waals surface area contributed by atoms with E-state index in [1.54, 1.807) is 0 Å². The zero-order valence-corrected chi connectivity index (χ0v) is 6.98. The molecule has 0 aromatic carbocycles. The number of hydrogen-bond acceptors (Lipinski definition) is 0. The summed E-state index contributed by atoms with van der Waals surface area (Å²) in [6.07, 6.45) is 6.57. The van der Waals surface area contributed by atoms with Crippen LogP contribution in [0.3, 0.4) is 0 Å². The second kappa shape index (κ2) is 1.98. The quantitative estimate of drug-likeness (QED) is 0.511. The molecule has 0 N–H and O–H groups in total. The zero-order chi connectivity index (χ0) is 7.83. The topological polar surface area (TPSA) is 0 Å². The van der Waals surface area contributed by atoms with E-state index in [9.17, 15) is 0 Å². The molecule has 1 rings (SSSR count). The van der Waals surface area contributed by atoms with Crippen molar-refractivity contribution in [1.29, 1.82) is 0 Å². The van der Waals surface area contributed by atoms with Crippen molar-refractivity contribution in [2.75, 3.05) is 0 Å². The zero-order valence-electron chi connectivity index (χ0n) is 6.98. The molecule has 0 amide bonds. The third-order valence-electron chi connectivity index (χ3n) is 2.60. The second-order valence-corrected chi connectivity index (χ2v) is 4.07. The highest BCUT2D eigenvalue weighted by molar-refractivity contribution is 5.12. The summed E-state index contributed by atoms with van der Waals surface area (Å²) in [6.45, 7) is 12.2.